The number of benzene rings is 1. The highest BCUT2D eigenvalue weighted by Gasteiger charge is 2.22. The molecule has 0 heterocycles. The fraction of sp³-hybridized carbons (Fsp3) is 0.562. The lowest BCUT2D eigenvalue weighted by molar-refractivity contribution is -0.123. The summed E-state index contributed by atoms with van der Waals surface area (Å²) in [6.45, 7) is 9.79. The van der Waals surface area contributed by atoms with Crippen LogP contribution in [0.2, 0.25) is 0 Å². The Morgan fingerprint density at radius 3 is 2.40 bits per heavy atom. The molecule has 20 heavy (non-hydrogen) atoms. The van der Waals surface area contributed by atoms with E-state index >= 15 is 0 Å². The lowest BCUT2D eigenvalue weighted by Gasteiger charge is -2.29. The lowest BCUT2D eigenvalue weighted by atomic mass is 9.81. The van der Waals surface area contributed by atoms with Gasteiger partial charge in [-0.1, -0.05) is 39.8 Å². The maximum Gasteiger partial charge on any atom is 0.257 e. The van der Waals surface area contributed by atoms with Crippen molar-refractivity contribution in [2.75, 3.05) is 13.2 Å². The zero-order valence-electron chi connectivity index (χ0n) is 12.9. The van der Waals surface area contributed by atoms with E-state index in [9.17, 15) is 4.79 Å². The van der Waals surface area contributed by atoms with Crippen LogP contribution in [-0.2, 0) is 11.3 Å². The molecule has 4 heteroatoms. The van der Waals surface area contributed by atoms with Gasteiger partial charge in [-0.15, -0.1) is 0 Å². The Balaban J connectivity index is 2.36. The first-order valence-corrected chi connectivity index (χ1v) is 7.03. The zero-order chi connectivity index (χ0) is 15.2. The monoisotopic (exact) mass is 278 g/mol. The van der Waals surface area contributed by atoms with Crippen molar-refractivity contribution in [2.45, 2.75) is 34.2 Å². The van der Waals surface area contributed by atoms with E-state index in [0.717, 1.165) is 5.56 Å². The third-order valence-corrected chi connectivity index (χ3v) is 3.83. The van der Waals surface area contributed by atoms with Crippen LogP contribution < -0.4 is 15.8 Å². The van der Waals surface area contributed by atoms with Crippen LogP contribution in [-0.4, -0.2) is 19.1 Å². The molecule has 0 aliphatic carbocycles. The summed E-state index contributed by atoms with van der Waals surface area (Å²) < 4.78 is 5.44. The van der Waals surface area contributed by atoms with Gasteiger partial charge < -0.3 is 15.8 Å². The molecule has 0 saturated heterocycles. The number of rotatable bonds is 7. The van der Waals surface area contributed by atoms with Crippen LogP contribution in [0.5, 0.6) is 5.75 Å². The van der Waals surface area contributed by atoms with Gasteiger partial charge in [0.25, 0.3) is 5.91 Å². The standard InChI is InChI=1S/C16H26N2O2/c1-12(2)16(3,4)11-18-15(19)10-20-14-7-5-13(9-17)6-8-14/h5-8,12H,9-11,17H2,1-4H3,(H,18,19). The number of nitrogens with two attached hydrogens (primary N) is 1. The molecule has 0 aliphatic rings. The molecule has 112 valence electrons. The summed E-state index contributed by atoms with van der Waals surface area (Å²) in [4.78, 5) is 11.8. The first-order chi connectivity index (χ1) is 9.35. The van der Waals surface area contributed by atoms with Crippen molar-refractivity contribution in [2.24, 2.45) is 17.1 Å². The molecule has 0 aliphatic heterocycles. The van der Waals surface area contributed by atoms with Crippen LogP contribution in [0.1, 0.15) is 33.3 Å². The van der Waals surface area contributed by atoms with Crippen molar-refractivity contribution < 1.29 is 9.53 Å². The minimum atomic E-state index is -0.0957. The highest BCUT2D eigenvalue weighted by molar-refractivity contribution is 5.77. The summed E-state index contributed by atoms with van der Waals surface area (Å²) in [7, 11) is 0. The van der Waals surface area contributed by atoms with E-state index in [4.69, 9.17) is 10.5 Å². The molecule has 0 spiro atoms. The Labute approximate surface area is 121 Å². The average molecular weight is 278 g/mol. The number of hydrogen-bond acceptors (Lipinski definition) is 3. The second kappa shape index (κ2) is 7.29. The van der Waals surface area contributed by atoms with Gasteiger partial charge in [0.2, 0.25) is 0 Å². The molecule has 0 fully saturated rings. The molecule has 1 rings (SSSR count). The minimum Gasteiger partial charge on any atom is -0.484 e. The van der Waals surface area contributed by atoms with Gasteiger partial charge in [0, 0.05) is 13.1 Å². The molecule has 3 N–H and O–H groups in total. The number of amides is 1. The van der Waals surface area contributed by atoms with Gasteiger partial charge in [-0.2, -0.15) is 0 Å². The maximum absolute atomic E-state index is 11.8. The quantitative estimate of drug-likeness (QED) is 0.804. The number of nitrogens with one attached hydrogen (secondary N) is 1. The first-order valence-electron chi connectivity index (χ1n) is 7.03. The van der Waals surface area contributed by atoms with Crippen LogP contribution in [0.3, 0.4) is 0 Å². The molecule has 0 bridgehead atoms. The summed E-state index contributed by atoms with van der Waals surface area (Å²) in [6.07, 6.45) is 0. The van der Waals surface area contributed by atoms with Gasteiger partial charge >= 0.3 is 0 Å². The summed E-state index contributed by atoms with van der Waals surface area (Å²) in [5.41, 5.74) is 6.65. The molecule has 0 aromatic heterocycles. The number of carbonyl (C=O) groups is 1. The molecule has 4 nitrogen and oxygen atoms in total. The van der Waals surface area contributed by atoms with E-state index in [1.165, 1.54) is 0 Å². The lowest BCUT2D eigenvalue weighted by Crippen LogP contribution is -2.39. The Kier molecular flexibility index (Phi) is 6.02. The Morgan fingerprint density at radius 1 is 1.30 bits per heavy atom. The topological polar surface area (TPSA) is 64.3 Å². The Bertz CT molecular complexity index is 425. The predicted octanol–water partition coefficient (Wildman–Crippen LogP) is 2.32. The fourth-order valence-corrected chi connectivity index (χ4v) is 1.45. The van der Waals surface area contributed by atoms with Crippen molar-refractivity contribution in [1.82, 2.24) is 5.32 Å². The molecule has 0 saturated carbocycles. The van der Waals surface area contributed by atoms with Gasteiger partial charge in [-0.3, -0.25) is 4.79 Å². The molecular weight excluding hydrogens is 252 g/mol. The third kappa shape index (κ3) is 5.21. The van der Waals surface area contributed by atoms with E-state index in [-0.39, 0.29) is 17.9 Å². The van der Waals surface area contributed by atoms with E-state index in [0.29, 0.717) is 24.8 Å². The Hall–Kier alpha value is -1.55. The van der Waals surface area contributed by atoms with Gasteiger partial charge in [0.1, 0.15) is 5.75 Å². The van der Waals surface area contributed by atoms with Gasteiger partial charge in [0.15, 0.2) is 6.61 Å². The molecule has 1 aromatic carbocycles. The average Bonchev–Trinajstić information content (AvgIpc) is 2.43. The predicted molar refractivity (Wildman–Crippen MR) is 81.5 cm³/mol. The van der Waals surface area contributed by atoms with Gasteiger partial charge in [-0.25, -0.2) is 0 Å². The maximum atomic E-state index is 11.8. The zero-order valence-corrected chi connectivity index (χ0v) is 12.9. The third-order valence-electron chi connectivity index (χ3n) is 3.83. The molecule has 0 atom stereocenters. The highest BCUT2D eigenvalue weighted by atomic mass is 16.5. The molecular formula is C16H26N2O2. The van der Waals surface area contributed by atoms with E-state index in [1.807, 2.05) is 24.3 Å². The highest BCUT2D eigenvalue weighted by Crippen LogP contribution is 2.24. The number of hydrogen-bond donors (Lipinski definition) is 2. The second-order valence-corrected chi connectivity index (χ2v) is 6.06. The van der Waals surface area contributed by atoms with Crippen molar-refractivity contribution in [3.05, 3.63) is 29.8 Å². The number of carbonyl (C=O) groups excluding carboxylic acids is 1. The minimum absolute atomic E-state index is 0.0378. The van der Waals surface area contributed by atoms with Crippen molar-refractivity contribution in [3.63, 3.8) is 0 Å². The second-order valence-electron chi connectivity index (χ2n) is 6.06. The van der Waals surface area contributed by atoms with E-state index < -0.39 is 0 Å². The van der Waals surface area contributed by atoms with Gasteiger partial charge in [0.05, 0.1) is 0 Å². The Morgan fingerprint density at radius 2 is 1.90 bits per heavy atom. The summed E-state index contributed by atoms with van der Waals surface area (Å²) in [6, 6.07) is 7.45. The largest absolute Gasteiger partial charge is 0.484 e. The van der Waals surface area contributed by atoms with Crippen molar-refractivity contribution >= 4 is 5.91 Å². The molecule has 0 unspecified atom stereocenters. The van der Waals surface area contributed by atoms with Crippen LogP contribution in [0.25, 0.3) is 0 Å². The van der Waals surface area contributed by atoms with Crippen molar-refractivity contribution in [3.8, 4) is 5.75 Å². The molecule has 1 amide bonds. The summed E-state index contributed by atoms with van der Waals surface area (Å²) in [5.74, 6) is 1.09. The normalized spacial score (nSPS) is 11.5. The van der Waals surface area contributed by atoms with Crippen molar-refractivity contribution in [1.29, 1.82) is 0 Å². The van der Waals surface area contributed by atoms with Crippen LogP contribution in [0, 0.1) is 11.3 Å². The smallest absolute Gasteiger partial charge is 0.257 e. The SMILES string of the molecule is CC(C)C(C)(C)CNC(=O)COc1ccc(CN)cc1. The molecule has 0 radical (unpaired) electrons. The van der Waals surface area contributed by atoms with E-state index in [1.54, 1.807) is 0 Å². The first kappa shape index (κ1) is 16.5. The van der Waals surface area contributed by atoms with Gasteiger partial charge in [-0.05, 0) is 29.0 Å². The van der Waals surface area contributed by atoms with Crippen LogP contribution in [0.15, 0.2) is 24.3 Å². The summed E-state index contributed by atoms with van der Waals surface area (Å²) >= 11 is 0. The van der Waals surface area contributed by atoms with E-state index in [2.05, 4.69) is 33.0 Å². The summed E-state index contributed by atoms with van der Waals surface area (Å²) in [5, 5.41) is 2.91. The number of ether oxygens (including phenoxy) is 1. The fourth-order valence-electron chi connectivity index (χ4n) is 1.45. The molecule has 1 aromatic rings. The van der Waals surface area contributed by atoms with Crippen LogP contribution >= 0.6 is 0 Å². The van der Waals surface area contributed by atoms with Crippen LogP contribution in [0.4, 0.5) is 0 Å².